The maximum atomic E-state index is 12.3. The summed E-state index contributed by atoms with van der Waals surface area (Å²) in [5, 5.41) is 5.57. The molecule has 124 valence electrons. The lowest BCUT2D eigenvalue weighted by Crippen LogP contribution is -2.41. The van der Waals surface area contributed by atoms with E-state index in [1.54, 1.807) is 7.11 Å². The standard InChI is InChI=1S/C18H22N2O2.ClH/c1-20(18(21)17-4-3-9-19-17)12-13-5-6-15-11-16(22-2)8-7-14(15)10-13;/h5-8,10-11,17,19H,3-4,9,12H2,1-2H3;1H. The van der Waals surface area contributed by atoms with Gasteiger partial charge in [0, 0.05) is 13.6 Å². The Bertz CT molecular complexity index is 684. The number of nitrogens with one attached hydrogen (secondary N) is 1. The molecule has 23 heavy (non-hydrogen) atoms. The summed E-state index contributed by atoms with van der Waals surface area (Å²) in [6.45, 7) is 1.58. The van der Waals surface area contributed by atoms with Gasteiger partial charge in [0.2, 0.25) is 5.91 Å². The van der Waals surface area contributed by atoms with Crippen LogP contribution in [-0.4, -0.2) is 37.6 Å². The molecular weight excluding hydrogens is 312 g/mol. The molecule has 1 N–H and O–H groups in total. The van der Waals surface area contributed by atoms with Crippen molar-refractivity contribution in [2.24, 2.45) is 0 Å². The second-order valence-electron chi connectivity index (χ2n) is 5.89. The van der Waals surface area contributed by atoms with Gasteiger partial charge in [-0.15, -0.1) is 12.4 Å². The van der Waals surface area contributed by atoms with Crippen molar-refractivity contribution in [2.75, 3.05) is 20.7 Å². The molecule has 4 nitrogen and oxygen atoms in total. The molecule has 1 unspecified atom stereocenters. The van der Waals surface area contributed by atoms with Crippen LogP contribution < -0.4 is 10.1 Å². The van der Waals surface area contributed by atoms with Crippen LogP contribution in [0.25, 0.3) is 10.8 Å². The van der Waals surface area contributed by atoms with E-state index in [0.29, 0.717) is 6.54 Å². The van der Waals surface area contributed by atoms with E-state index in [0.717, 1.165) is 41.5 Å². The van der Waals surface area contributed by atoms with Crippen molar-refractivity contribution >= 4 is 29.1 Å². The van der Waals surface area contributed by atoms with Gasteiger partial charge in [0.15, 0.2) is 0 Å². The number of halogens is 1. The molecule has 0 aliphatic carbocycles. The number of carbonyl (C=O) groups is 1. The van der Waals surface area contributed by atoms with E-state index in [1.807, 2.05) is 24.1 Å². The highest BCUT2D eigenvalue weighted by molar-refractivity contribution is 5.85. The molecule has 1 saturated heterocycles. The van der Waals surface area contributed by atoms with Crippen LogP contribution >= 0.6 is 12.4 Å². The van der Waals surface area contributed by atoms with Gasteiger partial charge in [0.25, 0.3) is 0 Å². The fourth-order valence-corrected chi connectivity index (χ4v) is 3.01. The third-order valence-electron chi connectivity index (χ3n) is 4.27. The summed E-state index contributed by atoms with van der Waals surface area (Å²) in [5.74, 6) is 1.05. The first-order chi connectivity index (χ1) is 10.7. The monoisotopic (exact) mass is 334 g/mol. The number of ether oxygens (including phenoxy) is 1. The Morgan fingerprint density at radius 3 is 2.70 bits per heavy atom. The average Bonchev–Trinajstić information content (AvgIpc) is 3.08. The molecule has 1 amide bonds. The van der Waals surface area contributed by atoms with Crippen LogP contribution in [0.3, 0.4) is 0 Å². The van der Waals surface area contributed by atoms with Crippen LogP contribution in [0, 0.1) is 0 Å². The topological polar surface area (TPSA) is 41.6 Å². The Hall–Kier alpha value is -1.78. The van der Waals surface area contributed by atoms with Crippen LogP contribution in [0.1, 0.15) is 18.4 Å². The summed E-state index contributed by atoms with van der Waals surface area (Å²) in [7, 11) is 3.55. The van der Waals surface area contributed by atoms with Crippen molar-refractivity contribution < 1.29 is 9.53 Å². The van der Waals surface area contributed by atoms with Crippen molar-refractivity contribution in [2.45, 2.75) is 25.4 Å². The number of benzene rings is 2. The van der Waals surface area contributed by atoms with Gasteiger partial charge in [-0.2, -0.15) is 0 Å². The maximum Gasteiger partial charge on any atom is 0.239 e. The molecule has 5 heteroatoms. The predicted octanol–water partition coefficient (Wildman–Crippen LogP) is 2.98. The fraction of sp³-hybridized carbons (Fsp3) is 0.389. The first kappa shape index (κ1) is 17.6. The number of amides is 1. The van der Waals surface area contributed by atoms with Gasteiger partial charge >= 0.3 is 0 Å². The smallest absolute Gasteiger partial charge is 0.239 e. The number of methoxy groups -OCH3 is 1. The zero-order valence-corrected chi connectivity index (χ0v) is 14.4. The Balaban J connectivity index is 0.00000192. The molecular formula is C18H23ClN2O2. The third kappa shape index (κ3) is 3.95. The molecule has 0 aromatic heterocycles. The zero-order valence-electron chi connectivity index (χ0n) is 13.5. The van der Waals surface area contributed by atoms with Crippen LogP contribution in [0.2, 0.25) is 0 Å². The van der Waals surface area contributed by atoms with Crippen molar-refractivity contribution in [1.29, 1.82) is 0 Å². The Morgan fingerprint density at radius 2 is 2.00 bits per heavy atom. The van der Waals surface area contributed by atoms with Gasteiger partial charge in [-0.3, -0.25) is 4.79 Å². The molecule has 1 aliphatic heterocycles. The SMILES string of the molecule is COc1ccc2cc(CN(C)C(=O)C3CCCN3)ccc2c1.Cl. The molecule has 0 bridgehead atoms. The van der Waals surface area contributed by atoms with E-state index in [-0.39, 0.29) is 24.4 Å². The van der Waals surface area contributed by atoms with Gasteiger partial charge in [0.1, 0.15) is 5.75 Å². The quantitative estimate of drug-likeness (QED) is 0.934. The highest BCUT2D eigenvalue weighted by Gasteiger charge is 2.24. The highest BCUT2D eigenvalue weighted by atomic mass is 35.5. The lowest BCUT2D eigenvalue weighted by molar-refractivity contribution is -0.132. The second kappa shape index (κ2) is 7.66. The zero-order chi connectivity index (χ0) is 15.5. The number of rotatable bonds is 4. The molecule has 2 aromatic rings. The fourth-order valence-electron chi connectivity index (χ4n) is 3.01. The Labute approximate surface area is 143 Å². The van der Waals surface area contributed by atoms with Crippen molar-refractivity contribution in [1.82, 2.24) is 10.2 Å². The molecule has 2 aromatic carbocycles. The molecule has 1 heterocycles. The van der Waals surface area contributed by atoms with Crippen LogP contribution in [-0.2, 0) is 11.3 Å². The van der Waals surface area contributed by atoms with Gasteiger partial charge in [-0.1, -0.05) is 18.2 Å². The normalized spacial score (nSPS) is 16.9. The van der Waals surface area contributed by atoms with Crippen molar-refractivity contribution in [3.8, 4) is 5.75 Å². The van der Waals surface area contributed by atoms with E-state index < -0.39 is 0 Å². The van der Waals surface area contributed by atoms with E-state index >= 15 is 0 Å². The highest BCUT2D eigenvalue weighted by Crippen LogP contribution is 2.22. The van der Waals surface area contributed by atoms with E-state index in [9.17, 15) is 4.79 Å². The minimum atomic E-state index is -0.00489. The number of likely N-dealkylation sites (N-methyl/N-ethyl adjacent to an activating group) is 1. The van der Waals surface area contributed by atoms with Crippen LogP contribution in [0.5, 0.6) is 5.75 Å². The largest absolute Gasteiger partial charge is 0.497 e. The average molecular weight is 335 g/mol. The molecule has 1 aliphatic rings. The number of hydrogen-bond acceptors (Lipinski definition) is 3. The van der Waals surface area contributed by atoms with E-state index in [4.69, 9.17) is 4.74 Å². The minimum Gasteiger partial charge on any atom is -0.497 e. The molecule has 0 radical (unpaired) electrons. The van der Waals surface area contributed by atoms with E-state index in [1.165, 1.54) is 0 Å². The summed E-state index contributed by atoms with van der Waals surface area (Å²) in [4.78, 5) is 14.2. The molecule has 0 spiro atoms. The van der Waals surface area contributed by atoms with Gasteiger partial charge in [0.05, 0.1) is 13.2 Å². The second-order valence-corrected chi connectivity index (χ2v) is 5.89. The first-order valence-corrected chi connectivity index (χ1v) is 7.72. The Morgan fingerprint density at radius 1 is 1.26 bits per heavy atom. The predicted molar refractivity (Wildman–Crippen MR) is 95.2 cm³/mol. The number of hydrogen-bond donors (Lipinski definition) is 1. The lowest BCUT2D eigenvalue weighted by Gasteiger charge is -2.21. The number of carbonyl (C=O) groups excluding carboxylic acids is 1. The minimum absolute atomic E-state index is 0. The number of fused-ring (bicyclic) bond motifs is 1. The summed E-state index contributed by atoms with van der Waals surface area (Å²) in [5.41, 5.74) is 1.14. The molecule has 3 rings (SSSR count). The van der Waals surface area contributed by atoms with Gasteiger partial charge < -0.3 is 15.0 Å². The lowest BCUT2D eigenvalue weighted by atomic mass is 10.1. The van der Waals surface area contributed by atoms with Crippen molar-refractivity contribution in [3.63, 3.8) is 0 Å². The molecule has 0 saturated carbocycles. The molecule has 1 atom stereocenters. The summed E-state index contributed by atoms with van der Waals surface area (Å²) in [6, 6.07) is 12.3. The number of nitrogens with zero attached hydrogens (tertiary/aromatic N) is 1. The molecule has 1 fully saturated rings. The van der Waals surface area contributed by atoms with Gasteiger partial charge in [-0.25, -0.2) is 0 Å². The van der Waals surface area contributed by atoms with Crippen molar-refractivity contribution in [3.05, 3.63) is 42.0 Å². The summed E-state index contributed by atoms with van der Waals surface area (Å²) in [6.07, 6.45) is 2.03. The van der Waals surface area contributed by atoms with Crippen LogP contribution in [0.4, 0.5) is 0 Å². The summed E-state index contributed by atoms with van der Waals surface area (Å²) < 4.78 is 5.25. The van der Waals surface area contributed by atoms with Crippen LogP contribution in [0.15, 0.2) is 36.4 Å². The third-order valence-corrected chi connectivity index (χ3v) is 4.27. The maximum absolute atomic E-state index is 12.3. The Kier molecular flexibility index (Phi) is 5.85. The van der Waals surface area contributed by atoms with E-state index in [2.05, 4.69) is 29.6 Å². The summed E-state index contributed by atoms with van der Waals surface area (Å²) >= 11 is 0. The first-order valence-electron chi connectivity index (χ1n) is 7.72. The van der Waals surface area contributed by atoms with Gasteiger partial charge in [-0.05, 0) is 53.9 Å².